The molecule has 0 aliphatic carbocycles. The molecule has 0 saturated carbocycles. The molecule has 4 rings (SSSR count). The number of hydrogen-bond donors (Lipinski definition) is 2. The maximum atomic E-state index is 13.3. The van der Waals surface area contributed by atoms with Gasteiger partial charge in [0.25, 0.3) is 17.7 Å². The van der Waals surface area contributed by atoms with Crippen molar-refractivity contribution in [3.8, 4) is 0 Å². The molecule has 3 aromatic carbocycles. The van der Waals surface area contributed by atoms with Crippen LogP contribution in [-0.4, -0.2) is 29.2 Å². The number of imide groups is 1. The van der Waals surface area contributed by atoms with Crippen molar-refractivity contribution in [2.75, 3.05) is 17.2 Å². The van der Waals surface area contributed by atoms with Gasteiger partial charge in [0.1, 0.15) is 10.6 Å². The highest BCUT2D eigenvalue weighted by Crippen LogP contribution is 2.37. The highest BCUT2D eigenvalue weighted by atomic mass is 32.2. The van der Waals surface area contributed by atoms with E-state index in [0.717, 1.165) is 41.6 Å². The number of anilines is 2. The summed E-state index contributed by atoms with van der Waals surface area (Å²) in [6, 6.07) is 18.0. The first-order valence-electron chi connectivity index (χ1n) is 12.1. The molecule has 1 heterocycles. The predicted octanol–water partition coefficient (Wildman–Crippen LogP) is 6.71. The zero-order valence-electron chi connectivity index (χ0n) is 21.4. The molecule has 0 spiro atoms. The SMILES string of the molecule is Cc1ccc(NC2=C(Sc3cccc(NC(=O)c4ccc(C(F)(F)F)cc4)c3)C(=O)N(CC(C)C)C2=O)cc1. The summed E-state index contributed by atoms with van der Waals surface area (Å²) < 4.78 is 38.5. The van der Waals surface area contributed by atoms with Crippen LogP contribution in [0.4, 0.5) is 24.5 Å². The van der Waals surface area contributed by atoms with Crippen molar-refractivity contribution in [2.24, 2.45) is 5.92 Å². The number of nitrogens with one attached hydrogen (secondary N) is 2. The Balaban J connectivity index is 1.57. The number of amides is 3. The molecule has 0 saturated heterocycles. The number of thioether (sulfide) groups is 1. The smallest absolute Gasteiger partial charge is 0.350 e. The molecule has 0 bridgehead atoms. The van der Waals surface area contributed by atoms with Crippen LogP contribution in [0.2, 0.25) is 0 Å². The van der Waals surface area contributed by atoms with E-state index in [2.05, 4.69) is 10.6 Å². The third kappa shape index (κ3) is 6.69. The molecule has 0 radical (unpaired) electrons. The van der Waals surface area contributed by atoms with E-state index in [1.807, 2.05) is 45.0 Å². The predicted molar refractivity (Wildman–Crippen MR) is 145 cm³/mol. The average Bonchev–Trinajstić information content (AvgIpc) is 3.08. The van der Waals surface area contributed by atoms with Crippen LogP contribution in [-0.2, 0) is 15.8 Å². The zero-order chi connectivity index (χ0) is 28.3. The Morgan fingerprint density at radius 2 is 1.59 bits per heavy atom. The number of benzene rings is 3. The fourth-order valence-electron chi connectivity index (χ4n) is 3.84. The standard InChI is InChI=1S/C29H26F3N3O3S/c1-17(2)16-35-27(37)24(33-21-13-7-18(3)8-14-21)25(28(35)38)39-23-6-4-5-22(15-23)34-26(36)19-9-11-20(12-10-19)29(30,31)32/h4-15,17,33H,16H2,1-3H3,(H,34,36). The van der Waals surface area contributed by atoms with E-state index in [1.165, 1.54) is 4.90 Å². The highest BCUT2D eigenvalue weighted by Gasteiger charge is 2.39. The molecule has 1 aliphatic heterocycles. The van der Waals surface area contributed by atoms with Crippen molar-refractivity contribution in [1.29, 1.82) is 0 Å². The van der Waals surface area contributed by atoms with E-state index in [4.69, 9.17) is 0 Å². The van der Waals surface area contributed by atoms with Crippen molar-refractivity contribution in [2.45, 2.75) is 31.8 Å². The van der Waals surface area contributed by atoms with Crippen LogP contribution in [0.1, 0.15) is 35.3 Å². The van der Waals surface area contributed by atoms with Crippen LogP contribution in [0.3, 0.4) is 0 Å². The van der Waals surface area contributed by atoms with Gasteiger partial charge in [0, 0.05) is 28.4 Å². The topological polar surface area (TPSA) is 78.5 Å². The molecule has 6 nitrogen and oxygen atoms in total. The molecule has 39 heavy (non-hydrogen) atoms. The van der Waals surface area contributed by atoms with Crippen molar-refractivity contribution in [3.05, 3.63) is 100 Å². The normalized spacial score (nSPS) is 13.9. The quantitative estimate of drug-likeness (QED) is 0.303. The number of hydrogen-bond acceptors (Lipinski definition) is 5. The Morgan fingerprint density at radius 1 is 0.923 bits per heavy atom. The van der Waals surface area contributed by atoms with Gasteiger partial charge in [0.05, 0.1) is 5.56 Å². The molecular formula is C29H26F3N3O3S. The molecule has 1 aliphatic rings. The summed E-state index contributed by atoms with van der Waals surface area (Å²) in [6.45, 7) is 6.05. The second kappa shape index (κ2) is 11.4. The van der Waals surface area contributed by atoms with Crippen LogP contribution < -0.4 is 10.6 Å². The van der Waals surface area contributed by atoms with E-state index in [9.17, 15) is 27.6 Å². The minimum atomic E-state index is -4.49. The summed E-state index contributed by atoms with van der Waals surface area (Å²) in [6.07, 6.45) is -4.49. The van der Waals surface area contributed by atoms with Crippen LogP contribution >= 0.6 is 11.8 Å². The van der Waals surface area contributed by atoms with Crippen molar-refractivity contribution in [1.82, 2.24) is 4.90 Å². The molecule has 0 aromatic heterocycles. The summed E-state index contributed by atoms with van der Waals surface area (Å²) in [5, 5.41) is 5.77. The lowest BCUT2D eigenvalue weighted by Crippen LogP contribution is -2.35. The third-order valence-corrected chi connectivity index (χ3v) is 6.85. The van der Waals surface area contributed by atoms with Gasteiger partial charge in [-0.1, -0.05) is 49.4 Å². The number of carbonyl (C=O) groups excluding carboxylic acids is 3. The fraction of sp³-hybridized carbons (Fsp3) is 0.207. The summed E-state index contributed by atoms with van der Waals surface area (Å²) in [5.74, 6) is -1.33. The Kier molecular flexibility index (Phi) is 8.15. The second-order valence-electron chi connectivity index (χ2n) is 9.47. The van der Waals surface area contributed by atoms with Gasteiger partial charge in [-0.15, -0.1) is 0 Å². The van der Waals surface area contributed by atoms with Crippen LogP contribution in [0.15, 0.2) is 88.3 Å². The molecule has 0 atom stereocenters. The molecule has 10 heteroatoms. The van der Waals surface area contributed by atoms with Gasteiger partial charge in [0.15, 0.2) is 0 Å². The first-order chi connectivity index (χ1) is 18.4. The summed E-state index contributed by atoms with van der Waals surface area (Å²) in [5.41, 5.74) is 1.49. The van der Waals surface area contributed by atoms with E-state index in [1.54, 1.807) is 24.3 Å². The monoisotopic (exact) mass is 553 g/mol. The van der Waals surface area contributed by atoms with Gasteiger partial charge in [-0.3, -0.25) is 19.3 Å². The van der Waals surface area contributed by atoms with E-state index < -0.39 is 29.5 Å². The lowest BCUT2D eigenvalue weighted by molar-refractivity contribution is -0.138. The maximum absolute atomic E-state index is 13.3. The molecule has 202 valence electrons. The van der Waals surface area contributed by atoms with Crippen LogP contribution in [0.5, 0.6) is 0 Å². The van der Waals surface area contributed by atoms with Gasteiger partial charge in [-0.2, -0.15) is 13.2 Å². The largest absolute Gasteiger partial charge is 0.416 e. The molecule has 2 N–H and O–H groups in total. The lowest BCUT2D eigenvalue weighted by Gasteiger charge is -2.17. The van der Waals surface area contributed by atoms with E-state index in [0.29, 0.717) is 16.3 Å². The maximum Gasteiger partial charge on any atom is 0.416 e. The molecular weight excluding hydrogens is 527 g/mol. The fourth-order valence-corrected chi connectivity index (χ4v) is 4.85. The summed E-state index contributed by atoms with van der Waals surface area (Å²) in [7, 11) is 0. The summed E-state index contributed by atoms with van der Waals surface area (Å²) in [4.78, 5) is 41.2. The lowest BCUT2D eigenvalue weighted by atomic mass is 10.1. The average molecular weight is 554 g/mol. The minimum Gasteiger partial charge on any atom is -0.350 e. The number of rotatable bonds is 8. The molecule has 0 unspecified atom stereocenters. The van der Waals surface area contributed by atoms with Crippen LogP contribution in [0, 0.1) is 12.8 Å². The highest BCUT2D eigenvalue weighted by molar-refractivity contribution is 8.04. The van der Waals surface area contributed by atoms with Gasteiger partial charge >= 0.3 is 6.18 Å². The Labute approximate surface area is 228 Å². The van der Waals surface area contributed by atoms with Gasteiger partial charge in [-0.25, -0.2) is 0 Å². The number of nitrogens with zero attached hydrogens (tertiary/aromatic N) is 1. The van der Waals surface area contributed by atoms with Crippen LogP contribution in [0.25, 0.3) is 0 Å². The van der Waals surface area contributed by atoms with Gasteiger partial charge < -0.3 is 10.6 Å². The van der Waals surface area contributed by atoms with Crippen molar-refractivity contribution < 1.29 is 27.6 Å². The van der Waals surface area contributed by atoms with Gasteiger partial charge in [-0.05, 0) is 67.4 Å². The number of carbonyl (C=O) groups is 3. The Morgan fingerprint density at radius 3 is 2.21 bits per heavy atom. The van der Waals surface area contributed by atoms with Crippen molar-refractivity contribution in [3.63, 3.8) is 0 Å². The number of alkyl halides is 3. The first kappa shape index (κ1) is 28.0. The number of aryl methyl sites for hydroxylation is 1. The molecule has 3 aromatic rings. The van der Waals surface area contributed by atoms with E-state index >= 15 is 0 Å². The first-order valence-corrected chi connectivity index (χ1v) is 12.9. The second-order valence-corrected chi connectivity index (χ2v) is 10.6. The number of halogens is 3. The third-order valence-electron chi connectivity index (χ3n) is 5.78. The van der Waals surface area contributed by atoms with Gasteiger partial charge in [0.2, 0.25) is 0 Å². The summed E-state index contributed by atoms with van der Waals surface area (Å²) >= 11 is 1.09. The molecule has 0 fully saturated rings. The molecule has 3 amide bonds. The van der Waals surface area contributed by atoms with Crippen molar-refractivity contribution >= 4 is 40.9 Å². The minimum absolute atomic E-state index is 0.0641. The Hall–Kier alpha value is -4.05. The zero-order valence-corrected chi connectivity index (χ0v) is 22.2. The Bertz CT molecular complexity index is 1430. The van der Waals surface area contributed by atoms with E-state index in [-0.39, 0.29) is 28.6 Å².